The highest BCUT2D eigenvalue weighted by Crippen LogP contribution is 2.12. The first kappa shape index (κ1) is 17.4. The van der Waals surface area contributed by atoms with Crippen molar-refractivity contribution in [2.45, 2.75) is 33.0 Å². The van der Waals surface area contributed by atoms with Crippen LogP contribution in [0.3, 0.4) is 0 Å². The number of nitrogens with zero attached hydrogens (tertiary/aromatic N) is 3. The normalized spacial score (nSPS) is 15.0. The Balaban J connectivity index is 2.33. The van der Waals surface area contributed by atoms with Gasteiger partial charge in [-0.3, -0.25) is 14.2 Å². The number of hydrogen-bond donors (Lipinski definition) is 1. The zero-order chi connectivity index (χ0) is 16.8. The third kappa shape index (κ3) is 4.77. The zero-order valence-corrected chi connectivity index (χ0v) is 13.9. The molecule has 8 nitrogen and oxygen atoms in total. The number of carbonyl (C=O) groups is 1. The number of carbonyl (C=O) groups excluding carboxylic acids is 1. The number of aromatic nitrogens is 2. The number of methoxy groups -OCH3 is 1. The fourth-order valence-electron chi connectivity index (χ4n) is 2.43. The summed E-state index contributed by atoms with van der Waals surface area (Å²) in [5.74, 6) is 0.282. The van der Waals surface area contributed by atoms with Crippen molar-refractivity contribution in [3.63, 3.8) is 0 Å². The molecule has 1 amide bonds. The molecule has 0 aromatic carbocycles. The second kappa shape index (κ2) is 8.07. The minimum Gasteiger partial charge on any atom is -0.378 e. The average molecular weight is 324 g/mol. The first-order valence-electron chi connectivity index (χ1n) is 7.73. The van der Waals surface area contributed by atoms with Crippen molar-refractivity contribution < 1.29 is 14.3 Å². The summed E-state index contributed by atoms with van der Waals surface area (Å²) in [6.07, 6.45) is 0. The Morgan fingerprint density at radius 2 is 2.13 bits per heavy atom. The van der Waals surface area contributed by atoms with E-state index in [1.807, 2.05) is 18.7 Å². The van der Waals surface area contributed by atoms with Crippen molar-refractivity contribution >= 4 is 11.9 Å². The van der Waals surface area contributed by atoms with E-state index in [0.717, 1.165) is 0 Å². The fourth-order valence-corrected chi connectivity index (χ4v) is 2.43. The third-order valence-corrected chi connectivity index (χ3v) is 3.38. The first-order valence-corrected chi connectivity index (χ1v) is 7.73. The Hall–Kier alpha value is -1.93. The lowest BCUT2D eigenvalue weighted by molar-refractivity contribution is -0.122. The van der Waals surface area contributed by atoms with Crippen LogP contribution in [-0.4, -0.2) is 54.9 Å². The Morgan fingerprint density at radius 3 is 2.74 bits per heavy atom. The van der Waals surface area contributed by atoms with Gasteiger partial charge in [-0.15, -0.1) is 0 Å². The summed E-state index contributed by atoms with van der Waals surface area (Å²) in [7, 11) is 1.55. The van der Waals surface area contributed by atoms with Gasteiger partial charge in [0.15, 0.2) is 0 Å². The molecule has 1 fully saturated rings. The number of nitrogens with one attached hydrogen (secondary N) is 1. The Bertz CT molecular complexity index is 594. The lowest BCUT2D eigenvalue weighted by Crippen LogP contribution is -2.43. The molecule has 8 heteroatoms. The van der Waals surface area contributed by atoms with E-state index in [1.165, 1.54) is 10.6 Å². The molecule has 1 N–H and O–H groups in total. The van der Waals surface area contributed by atoms with Crippen LogP contribution in [0.15, 0.2) is 10.9 Å². The van der Waals surface area contributed by atoms with Crippen LogP contribution < -0.4 is 15.8 Å². The lowest BCUT2D eigenvalue weighted by Gasteiger charge is -2.29. The standard InChI is InChI=1S/C15H24N4O4/c1-11(2)16-13(20)9-19-14(21)8-12(10-22-3)17-15(19)18-4-6-23-7-5-18/h8,11H,4-7,9-10H2,1-3H3,(H,16,20). The highest BCUT2D eigenvalue weighted by atomic mass is 16.5. The predicted octanol–water partition coefficient (Wildman–Crippen LogP) is -0.249. The van der Waals surface area contributed by atoms with Crippen LogP contribution in [0.4, 0.5) is 5.95 Å². The highest BCUT2D eigenvalue weighted by molar-refractivity contribution is 5.76. The topological polar surface area (TPSA) is 85.7 Å². The molecule has 1 saturated heterocycles. The minimum absolute atomic E-state index is 0.0192. The molecular weight excluding hydrogens is 300 g/mol. The number of anilines is 1. The second-order valence-electron chi connectivity index (χ2n) is 5.73. The summed E-state index contributed by atoms with van der Waals surface area (Å²) >= 11 is 0. The van der Waals surface area contributed by atoms with Gasteiger partial charge in [0.1, 0.15) is 6.54 Å². The van der Waals surface area contributed by atoms with E-state index in [1.54, 1.807) is 7.11 Å². The van der Waals surface area contributed by atoms with Crippen molar-refractivity contribution in [1.29, 1.82) is 0 Å². The lowest BCUT2D eigenvalue weighted by atomic mass is 10.3. The van der Waals surface area contributed by atoms with Gasteiger partial charge in [0.2, 0.25) is 11.9 Å². The summed E-state index contributed by atoms with van der Waals surface area (Å²) in [5.41, 5.74) is 0.298. The zero-order valence-electron chi connectivity index (χ0n) is 13.9. The maximum atomic E-state index is 12.4. The van der Waals surface area contributed by atoms with E-state index in [4.69, 9.17) is 9.47 Å². The van der Waals surface area contributed by atoms with Crippen LogP contribution in [0.2, 0.25) is 0 Å². The minimum atomic E-state index is -0.257. The summed E-state index contributed by atoms with van der Waals surface area (Å²) in [6, 6.07) is 1.43. The van der Waals surface area contributed by atoms with E-state index < -0.39 is 0 Å². The van der Waals surface area contributed by atoms with E-state index in [0.29, 0.717) is 37.9 Å². The van der Waals surface area contributed by atoms with Gasteiger partial charge in [-0.1, -0.05) is 0 Å². The summed E-state index contributed by atoms with van der Waals surface area (Å²) in [6.45, 7) is 6.37. The number of ether oxygens (including phenoxy) is 2. The van der Waals surface area contributed by atoms with Gasteiger partial charge < -0.3 is 19.7 Å². The number of hydrogen-bond acceptors (Lipinski definition) is 6. The third-order valence-electron chi connectivity index (χ3n) is 3.38. The molecule has 0 spiro atoms. The maximum absolute atomic E-state index is 12.4. The van der Waals surface area contributed by atoms with Gasteiger partial charge in [0.25, 0.3) is 5.56 Å². The van der Waals surface area contributed by atoms with Gasteiger partial charge >= 0.3 is 0 Å². The molecule has 23 heavy (non-hydrogen) atoms. The molecule has 0 aliphatic carbocycles. The first-order chi connectivity index (χ1) is 11.0. The van der Waals surface area contributed by atoms with Gasteiger partial charge in [-0.25, -0.2) is 4.98 Å². The van der Waals surface area contributed by atoms with Crippen LogP contribution in [0.1, 0.15) is 19.5 Å². The smallest absolute Gasteiger partial charge is 0.255 e. The van der Waals surface area contributed by atoms with Crippen LogP contribution in [0.5, 0.6) is 0 Å². The van der Waals surface area contributed by atoms with Crippen LogP contribution in [0, 0.1) is 0 Å². The molecule has 2 heterocycles. The quantitative estimate of drug-likeness (QED) is 0.777. The van der Waals surface area contributed by atoms with Crippen LogP contribution in [0.25, 0.3) is 0 Å². The molecule has 1 aliphatic heterocycles. The Morgan fingerprint density at radius 1 is 1.43 bits per heavy atom. The maximum Gasteiger partial charge on any atom is 0.255 e. The number of rotatable bonds is 6. The van der Waals surface area contributed by atoms with Crippen molar-refractivity contribution in [3.8, 4) is 0 Å². The van der Waals surface area contributed by atoms with Crippen LogP contribution >= 0.6 is 0 Å². The Labute approximate surface area is 135 Å². The van der Waals surface area contributed by atoms with Crippen molar-refractivity contribution in [2.24, 2.45) is 0 Å². The van der Waals surface area contributed by atoms with E-state index in [9.17, 15) is 9.59 Å². The summed E-state index contributed by atoms with van der Waals surface area (Å²) in [4.78, 5) is 31.0. The van der Waals surface area contributed by atoms with Crippen LogP contribution in [-0.2, 0) is 27.4 Å². The molecule has 1 aliphatic rings. The van der Waals surface area contributed by atoms with Gasteiger partial charge in [0.05, 0.1) is 25.5 Å². The average Bonchev–Trinajstić information content (AvgIpc) is 2.50. The molecule has 0 saturated carbocycles. The van der Waals surface area contributed by atoms with E-state index >= 15 is 0 Å². The van der Waals surface area contributed by atoms with Crippen molar-refractivity contribution in [2.75, 3.05) is 38.3 Å². The molecule has 1 aromatic rings. The molecule has 0 unspecified atom stereocenters. The largest absolute Gasteiger partial charge is 0.378 e. The number of amides is 1. The molecule has 1 aromatic heterocycles. The van der Waals surface area contributed by atoms with Crippen molar-refractivity contribution in [3.05, 3.63) is 22.1 Å². The molecule has 0 bridgehead atoms. The fraction of sp³-hybridized carbons (Fsp3) is 0.667. The Kier molecular flexibility index (Phi) is 6.12. The molecule has 128 valence electrons. The summed E-state index contributed by atoms with van der Waals surface area (Å²) in [5, 5.41) is 2.79. The van der Waals surface area contributed by atoms with E-state index in [2.05, 4.69) is 10.3 Å². The SMILES string of the molecule is COCc1cc(=O)n(CC(=O)NC(C)C)c(N2CCOCC2)n1. The molecular formula is C15H24N4O4. The number of morpholine rings is 1. The molecule has 2 rings (SSSR count). The second-order valence-corrected chi connectivity index (χ2v) is 5.73. The monoisotopic (exact) mass is 324 g/mol. The molecule has 0 atom stereocenters. The highest BCUT2D eigenvalue weighted by Gasteiger charge is 2.20. The van der Waals surface area contributed by atoms with E-state index in [-0.39, 0.29) is 30.7 Å². The summed E-state index contributed by atoms with van der Waals surface area (Å²) < 4.78 is 11.8. The van der Waals surface area contributed by atoms with Gasteiger partial charge in [-0.2, -0.15) is 0 Å². The molecule has 0 radical (unpaired) electrons. The van der Waals surface area contributed by atoms with Gasteiger partial charge in [0, 0.05) is 32.3 Å². The predicted molar refractivity (Wildman–Crippen MR) is 85.5 cm³/mol. The van der Waals surface area contributed by atoms with Gasteiger partial charge in [-0.05, 0) is 13.8 Å². The van der Waals surface area contributed by atoms with Crippen molar-refractivity contribution in [1.82, 2.24) is 14.9 Å².